The van der Waals surface area contributed by atoms with Crippen molar-refractivity contribution in [2.45, 2.75) is 70.5 Å². The molecular weight excluding hydrogens is 372 g/mol. The maximum atomic E-state index is 12.5. The molecule has 5 nitrogen and oxygen atoms in total. The number of hydrogen-bond acceptors (Lipinski definition) is 4. The van der Waals surface area contributed by atoms with Crippen molar-refractivity contribution in [3.63, 3.8) is 0 Å². The molecule has 1 saturated carbocycles. The highest BCUT2D eigenvalue weighted by atomic mass is 32.2. The molecule has 2 aliphatic rings. The summed E-state index contributed by atoms with van der Waals surface area (Å²) in [5.74, 6) is 1.42. The van der Waals surface area contributed by atoms with E-state index in [2.05, 4.69) is 35.3 Å². The molecule has 1 fully saturated rings. The third-order valence-corrected chi connectivity index (χ3v) is 7.12. The van der Waals surface area contributed by atoms with E-state index in [-0.39, 0.29) is 12.0 Å². The molecular formula is C22H34N2O3S. The molecule has 1 amide bonds. The molecule has 3 atom stereocenters. The van der Waals surface area contributed by atoms with Gasteiger partial charge in [-0.15, -0.1) is 0 Å². The molecule has 1 aromatic heterocycles. The summed E-state index contributed by atoms with van der Waals surface area (Å²) in [6.45, 7) is 6.25. The van der Waals surface area contributed by atoms with Crippen molar-refractivity contribution in [1.29, 1.82) is 0 Å². The fraction of sp³-hybridized carbons (Fsp3) is 0.682. The first-order valence-electron chi connectivity index (χ1n) is 10.5. The lowest BCUT2D eigenvalue weighted by atomic mass is 9.83. The molecule has 1 aliphatic heterocycles. The van der Waals surface area contributed by atoms with Crippen molar-refractivity contribution in [2.24, 2.45) is 11.8 Å². The van der Waals surface area contributed by atoms with E-state index >= 15 is 0 Å². The summed E-state index contributed by atoms with van der Waals surface area (Å²) in [7, 11) is 1.68. The van der Waals surface area contributed by atoms with E-state index in [0.717, 1.165) is 24.6 Å². The Morgan fingerprint density at radius 3 is 2.96 bits per heavy atom. The van der Waals surface area contributed by atoms with E-state index in [1.807, 2.05) is 12.3 Å². The van der Waals surface area contributed by atoms with Gasteiger partial charge in [0.15, 0.2) is 0 Å². The number of amides is 1. The average Bonchev–Trinajstić information content (AvgIpc) is 3.07. The highest BCUT2D eigenvalue weighted by Crippen LogP contribution is 2.30. The van der Waals surface area contributed by atoms with Crippen LogP contribution >= 0.6 is 11.9 Å². The van der Waals surface area contributed by atoms with Crippen molar-refractivity contribution < 1.29 is 14.3 Å². The predicted molar refractivity (Wildman–Crippen MR) is 114 cm³/mol. The maximum Gasteiger partial charge on any atom is 0.262 e. The van der Waals surface area contributed by atoms with Gasteiger partial charge in [-0.2, -0.15) is 0 Å². The van der Waals surface area contributed by atoms with Crippen LogP contribution in [-0.4, -0.2) is 35.5 Å². The quantitative estimate of drug-likeness (QED) is 0.457. The number of fused-ring (bicyclic) bond motifs is 1. The van der Waals surface area contributed by atoms with Gasteiger partial charge in [0.25, 0.3) is 5.91 Å². The number of methoxy groups -OCH3 is 1. The molecule has 1 aromatic rings. The van der Waals surface area contributed by atoms with Crippen LogP contribution in [0.5, 0.6) is 0 Å². The van der Waals surface area contributed by atoms with Crippen LogP contribution in [-0.2, 0) is 22.6 Å². The van der Waals surface area contributed by atoms with Gasteiger partial charge >= 0.3 is 0 Å². The van der Waals surface area contributed by atoms with Crippen LogP contribution in [0.25, 0.3) is 0 Å². The summed E-state index contributed by atoms with van der Waals surface area (Å²) in [5.41, 5.74) is 1.74. The smallest absolute Gasteiger partial charge is 0.262 e. The van der Waals surface area contributed by atoms with Gasteiger partial charge in [0.2, 0.25) is 0 Å². The number of carbonyl (C=O) groups is 1. The van der Waals surface area contributed by atoms with E-state index in [9.17, 15) is 4.79 Å². The number of ether oxygens (including phenoxy) is 2. The van der Waals surface area contributed by atoms with Crippen LogP contribution in [0.3, 0.4) is 0 Å². The van der Waals surface area contributed by atoms with Crippen LogP contribution in [0, 0.1) is 11.8 Å². The lowest BCUT2D eigenvalue weighted by molar-refractivity contribution is -0.0382. The zero-order valence-electron chi connectivity index (χ0n) is 17.4. The van der Waals surface area contributed by atoms with Gasteiger partial charge in [-0.05, 0) is 42.7 Å². The molecule has 6 heteroatoms. The van der Waals surface area contributed by atoms with E-state index in [1.54, 1.807) is 7.11 Å². The molecule has 2 heterocycles. The third-order valence-electron chi connectivity index (χ3n) is 5.98. The van der Waals surface area contributed by atoms with Crippen molar-refractivity contribution in [3.8, 4) is 0 Å². The van der Waals surface area contributed by atoms with Crippen molar-refractivity contribution in [1.82, 2.24) is 9.29 Å². The van der Waals surface area contributed by atoms with Gasteiger partial charge in [0, 0.05) is 24.3 Å². The summed E-state index contributed by atoms with van der Waals surface area (Å²) in [4.78, 5) is 12.5. The lowest BCUT2D eigenvalue weighted by Crippen LogP contribution is -2.30. The Kier molecular flexibility index (Phi) is 8.06. The number of aromatic nitrogens is 1. The van der Waals surface area contributed by atoms with E-state index < -0.39 is 0 Å². The minimum Gasteiger partial charge on any atom is -0.382 e. The van der Waals surface area contributed by atoms with Crippen molar-refractivity contribution in [3.05, 3.63) is 35.7 Å². The number of nitrogens with zero attached hydrogens (tertiary/aromatic N) is 1. The maximum absolute atomic E-state index is 12.5. The number of allylic oxidation sites excluding steroid dienone is 2. The molecule has 0 spiro atoms. The molecule has 0 aromatic carbocycles. The second kappa shape index (κ2) is 10.5. The molecule has 0 saturated heterocycles. The zero-order valence-corrected chi connectivity index (χ0v) is 18.2. The van der Waals surface area contributed by atoms with Crippen molar-refractivity contribution in [2.75, 3.05) is 13.7 Å². The van der Waals surface area contributed by atoms with E-state index in [4.69, 9.17) is 9.47 Å². The second-order valence-electron chi connectivity index (χ2n) is 8.23. The van der Waals surface area contributed by atoms with Gasteiger partial charge < -0.3 is 14.0 Å². The number of hydrogen-bond donors (Lipinski definition) is 1. The van der Waals surface area contributed by atoms with Crippen LogP contribution in [0.15, 0.2) is 24.4 Å². The Morgan fingerprint density at radius 1 is 1.43 bits per heavy atom. The molecule has 0 bridgehead atoms. The Bertz CT molecular complexity index is 669. The van der Waals surface area contributed by atoms with Crippen LogP contribution in [0.2, 0.25) is 0 Å². The average molecular weight is 407 g/mol. The first-order valence-corrected chi connectivity index (χ1v) is 11.3. The zero-order chi connectivity index (χ0) is 19.9. The Hall–Kier alpha value is -1.24. The molecule has 1 aliphatic carbocycles. The first-order chi connectivity index (χ1) is 13.6. The predicted octanol–water partition coefficient (Wildman–Crippen LogP) is 4.57. The van der Waals surface area contributed by atoms with Gasteiger partial charge in [-0.25, -0.2) is 0 Å². The topological polar surface area (TPSA) is 52.5 Å². The lowest BCUT2D eigenvalue weighted by Gasteiger charge is -2.24. The Balaban J connectivity index is 1.41. The molecule has 156 valence electrons. The second-order valence-corrected chi connectivity index (χ2v) is 9.42. The molecule has 0 radical (unpaired) electrons. The molecule has 3 rings (SSSR count). The Labute approximate surface area is 173 Å². The molecule has 1 unspecified atom stereocenters. The fourth-order valence-corrected chi connectivity index (χ4v) is 4.33. The summed E-state index contributed by atoms with van der Waals surface area (Å²) in [6.07, 6.45) is 13.2. The minimum atomic E-state index is -0.0326. The highest BCUT2D eigenvalue weighted by molar-refractivity contribution is 7.98. The highest BCUT2D eigenvalue weighted by Gasteiger charge is 2.22. The minimum absolute atomic E-state index is 0.0326. The number of nitrogens with one attached hydrogen (secondary N) is 1. The first kappa shape index (κ1) is 21.5. The van der Waals surface area contributed by atoms with E-state index in [0.29, 0.717) is 29.9 Å². The summed E-state index contributed by atoms with van der Waals surface area (Å²) < 4.78 is 16.0. The van der Waals surface area contributed by atoms with Gasteiger partial charge in [0.1, 0.15) is 0 Å². The van der Waals surface area contributed by atoms with Gasteiger partial charge in [-0.1, -0.05) is 45.3 Å². The summed E-state index contributed by atoms with van der Waals surface area (Å²) in [6, 6.07) is 1.93. The largest absolute Gasteiger partial charge is 0.382 e. The monoisotopic (exact) mass is 406 g/mol. The normalized spacial score (nSPS) is 21.9. The van der Waals surface area contributed by atoms with Gasteiger partial charge in [-0.3, -0.25) is 9.52 Å². The standard InChI is InChI=1S/C22H34N2O3S/c1-16(7-4-5-8-18-9-6-10-18)17(2)28-23-22(25)19-11-20-14-27-21(15-26-3)13-24(20)12-19/h4-5,11-12,16-18,21H,6-10,13-15H2,1-3H3,(H,23,25)/b5-4+/t16-,17+,21?/m0/s1. The van der Waals surface area contributed by atoms with Crippen LogP contribution in [0.1, 0.15) is 62.0 Å². The van der Waals surface area contributed by atoms with Crippen molar-refractivity contribution >= 4 is 17.9 Å². The number of carbonyl (C=O) groups excluding carboxylic acids is 1. The Morgan fingerprint density at radius 2 is 2.25 bits per heavy atom. The summed E-state index contributed by atoms with van der Waals surface area (Å²) >= 11 is 1.53. The number of rotatable bonds is 10. The van der Waals surface area contributed by atoms with E-state index in [1.165, 1.54) is 37.6 Å². The molecule has 1 N–H and O–H groups in total. The van der Waals surface area contributed by atoms with Crippen LogP contribution in [0.4, 0.5) is 0 Å². The third kappa shape index (κ3) is 5.88. The SMILES string of the molecule is COCC1Cn2cc(C(=O)NS[C@H](C)[C@@H](C)C/C=C/CC3CCC3)cc2CO1. The van der Waals surface area contributed by atoms with Crippen LogP contribution < -0.4 is 4.72 Å². The summed E-state index contributed by atoms with van der Waals surface area (Å²) in [5, 5.41) is 0.365. The fourth-order valence-electron chi connectivity index (χ4n) is 3.57. The van der Waals surface area contributed by atoms with Gasteiger partial charge in [0.05, 0.1) is 31.4 Å². The molecule has 28 heavy (non-hydrogen) atoms.